The molecule has 0 saturated heterocycles. The highest BCUT2D eigenvalue weighted by Crippen LogP contribution is 2.51. The highest BCUT2D eigenvalue weighted by Gasteiger charge is 2.48. The zero-order valence-corrected chi connectivity index (χ0v) is 10.0. The molecule has 0 N–H and O–H groups in total. The van der Waals surface area contributed by atoms with E-state index in [-0.39, 0.29) is 18.3 Å². The van der Waals surface area contributed by atoms with Gasteiger partial charge in [0.1, 0.15) is 0 Å². The van der Waals surface area contributed by atoms with Gasteiger partial charge in [-0.25, -0.2) is 8.78 Å². The highest BCUT2D eigenvalue weighted by atomic mass is 19.3. The minimum absolute atomic E-state index is 0.0208. The zero-order chi connectivity index (χ0) is 12.1. The van der Waals surface area contributed by atoms with E-state index in [1.165, 1.54) is 11.3 Å². The molecule has 3 heteroatoms. The van der Waals surface area contributed by atoms with E-state index in [1.807, 2.05) is 12.1 Å². The summed E-state index contributed by atoms with van der Waals surface area (Å²) in [6.07, 6.45) is 1.30. The van der Waals surface area contributed by atoms with Crippen molar-refractivity contribution in [2.75, 3.05) is 18.5 Å². The van der Waals surface area contributed by atoms with E-state index in [0.29, 0.717) is 12.8 Å². The second-order valence-electron chi connectivity index (χ2n) is 5.51. The van der Waals surface area contributed by atoms with Crippen molar-refractivity contribution in [3.8, 4) is 0 Å². The fraction of sp³-hybridized carbons (Fsp3) is 0.571. The zero-order valence-electron chi connectivity index (χ0n) is 10.0. The van der Waals surface area contributed by atoms with Crippen molar-refractivity contribution in [3.05, 3.63) is 29.8 Å². The molecule has 1 aromatic rings. The second kappa shape index (κ2) is 3.44. The van der Waals surface area contributed by atoms with Crippen LogP contribution < -0.4 is 4.90 Å². The summed E-state index contributed by atoms with van der Waals surface area (Å²) in [7, 11) is 2.06. The van der Waals surface area contributed by atoms with Crippen LogP contribution in [0.1, 0.15) is 31.2 Å². The fourth-order valence-electron chi connectivity index (χ4n) is 3.40. The van der Waals surface area contributed by atoms with Crippen LogP contribution in [0.5, 0.6) is 0 Å². The number of rotatable bonds is 0. The lowest BCUT2D eigenvalue weighted by Gasteiger charge is -2.37. The molecule has 1 aliphatic heterocycles. The number of fused-ring (bicyclic) bond motifs is 2. The molecule has 3 rings (SSSR count). The van der Waals surface area contributed by atoms with E-state index in [4.69, 9.17) is 0 Å². The van der Waals surface area contributed by atoms with Crippen LogP contribution in [0.4, 0.5) is 14.5 Å². The Morgan fingerprint density at radius 2 is 1.71 bits per heavy atom. The van der Waals surface area contributed by atoms with Gasteiger partial charge in [0.15, 0.2) is 0 Å². The summed E-state index contributed by atoms with van der Waals surface area (Å²) < 4.78 is 26.6. The van der Waals surface area contributed by atoms with Crippen molar-refractivity contribution in [2.45, 2.75) is 37.0 Å². The quantitative estimate of drug-likeness (QED) is 0.666. The lowest BCUT2D eigenvalue weighted by molar-refractivity contribution is -0.0499. The van der Waals surface area contributed by atoms with E-state index in [9.17, 15) is 8.78 Å². The van der Waals surface area contributed by atoms with Gasteiger partial charge < -0.3 is 4.90 Å². The van der Waals surface area contributed by atoms with Gasteiger partial charge in [0.2, 0.25) is 5.92 Å². The number of hydrogen-bond acceptors (Lipinski definition) is 1. The van der Waals surface area contributed by atoms with Crippen LogP contribution in [0.25, 0.3) is 0 Å². The topological polar surface area (TPSA) is 3.24 Å². The summed E-state index contributed by atoms with van der Waals surface area (Å²) in [6.45, 7) is 0.891. The first-order chi connectivity index (χ1) is 8.03. The largest absolute Gasteiger partial charge is 0.373 e. The molecule has 0 atom stereocenters. The maximum Gasteiger partial charge on any atom is 0.248 e. The third-order valence-electron chi connectivity index (χ3n) is 4.37. The van der Waals surface area contributed by atoms with Gasteiger partial charge in [0.05, 0.1) is 0 Å². The molecular weight excluding hydrogens is 220 g/mol. The van der Waals surface area contributed by atoms with Crippen molar-refractivity contribution < 1.29 is 8.78 Å². The Kier molecular flexibility index (Phi) is 2.22. The van der Waals surface area contributed by atoms with Gasteiger partial charge in [-0.3, -0.25) is 0 Å². The number of nitrogens with zero attached hydrogens (tertiary/aromatic N) is 1. The van der Waals surface area contributed by atoms with Gasteiger partial charge in [-0.2, -0.15) is 0 Å². The first kappa shape index (κ1) is 11.0. The fourth-order valence-corrected chi connectivity index (χ4v) is 3.40. The predicted octanol–water partition coefficient (Wildman–Crippen LogP) is 3.58. The van der Waals surface area contributed by atoms with Gasteiger partial charge in [0, 0.05) is 37.5 Å². The molecule has 0 aromatic heterocycles. The van der Waals surface area contributed by atoms with Crippen molar-refractivity contribution in [2.24, 2.45) is 0 Å². The smallest absolute Gasteiger partial charge is 0.248 e. The highest BCUT2D eigenvalue weighted by molar-refractivity contribution is 5.62. The van der Waals surface area contributed by atoms with E-state index in [2.05, 4.69) is 24.1 Å². The Balaban J connectivity index is 1.96. The number of benzene rings is 1. The Hall–Kier alpha value is -1.12. The molecule has 1 aromatic carbocycles. The molecular formula is C14H17F2N. The molecule has 2 aliphatic rings. The molecule has 17 heavy (non-hydrogen) atoms. The van der Waals surface area contributed by atoms with Gasteiger partial charge in [0.25, 0.3) is 0 Å². The van der Waals surface area contributed by atoms with Crippen LogP contribution in [0.15, 0.2) is 24.3 Å². The summed E-state index contributed by atoms with van der Waals surface area (Å²) in [5, 5.41) is 0. The molecule has 1 fully saturated rings. The first-order valence-electron chi connectivity index (χ1n) is 6.21. The van der Waals surface area contributed by atoms with E-state index >= 15 is 0 Å². The normalized spacial score (nSPS) is 25.0. The monoisotopic (exact) mass is 237 g/mol. The molecule has 0 radical (unpaired) electrons. The molecule has 0 bridgehead atoms. The van der Waals surface area contributed by atoms with E-state index < -0.39 is 5.92 Å². The molecule has 1 spiro atoms. The minimum atomic E-state index is -2.44. The summed E-state index contributed by atoms with van der Waals surface area (Å²) in [4.78, 5) is 2.21. The van der Waals surface area contributed by atoms with Gasteiger partial charge >= 0.3 is 0 Å². The molecule has 1 aliphatic carbocycles. The maximum absolute atomic E-state index is 13.3. The van der Waals surface area contributed by atoms with Crippen molar-refractivity contribution in [3.63, 3.8) is 0 Å². The Labute approximate surface area is 100 Å². The van der Waals surface area contributed by atoms with E-state index in [1.54, 1.807) is 0 Å². The van der Waals surface area contributed by atoms with Crippen LogP contribution in [0.2, 0.25) is 0 Å². The Morgan fingerprint density at radius 3 is 2.41 bits per heavy atom. The molecule has 1 nitrogen and oxygen atoms in total. The second-order valence-corrected chi connectivity index (χ2v) is 5.51. The van der Waals surface area contributed by atoms with Crippen molar-refractivity contribution in [1.82, 2.24) is 0 Å². The number of halogens is 2. The van der Waals surface area contributed by atoms with Gasteiger partial charge in [-0.1, -0.05) is 18.2 Å². The predicted molar refractivity (Wildman–Crippen MR) is 64.8 cm³/mol. The number of para-hydroxylation sites is 1. The van der Waals surface area contributed by atoms with Gasteiger partial charge in [-0.05, 0) is 24.5 Å². The Bertz CT molecular complexity index is 432. The molecule has 0 amide bonds. The lowest BCUT2D eigenvalue weighted by atomic mass is 9.69. The summed E-state index contributed by atoms with van der Waals surface area (Å²) in [5.41, 5.74) is 2.48. The third-order valence-corrected chi connectivity index (χ3v) is 4.37. The molecule has 1 saturated carbocycles. The van der Waals surface area contributed by atoms with Crippen LogP contribution in [0.3, 0.4) is 0 Å². The Morgan fingerprint density at radius 1 is 1.06 bits per heavy atom. The van der Waals surface area contributed by atoms with Crippen molar-refractivity contribution in [1.29, 1.82) is 0 Å². The van der Waals surface area contributed by atoms with Crippen LogP contribution in [-0.2, 0) is 5.41 Å². The minimum Gasteiger partial charge on any atom is -0.373 e. The summed E-state index contributed by atoms with van der Waals surface area (Å²) >= 11 is 0. The molecule has 1 heterocycles. The third kappa shape index (κ3) is 1.63. The molecule has 92 valence electrons. The standard InChI is InChI=1S/C14H17F2N/c1-17-10-13(6-8-14(15,16)9-7-13)11-4-2-3-5-12(11)17/h2-5H,6-10H2,1H3. The number of alkyl halides is 2. The van der Waals surface area contributed by atoms with Crippen LogP contribution in [0, 0.1) is 0 Å². The van der Waals surface area contributed by atoms with Crippen LogP contribution in [-0.4, -0.2) is 19.5 Å². The lowest BCUT2D eigenvalue weighted by Crippen LogP contribution is -2.39. The number of hydrogen-bond donors (Lipinski definition) is 0. The summed E-state index contributed by atoms with van der Waals surface area (Å²) in [5.74, 6) is -2.44. The van der Waals surface area contributed by atoms with Crippen LogP contribution >= 0.6 is 0 Å². The number of anilines is 1. The maximum atomic E-state index is 13.3. The van der Waals surface area contributed by atoms with Gasteiger partial charge in [-0.15, -0.1) is 0 Å². The average Bonchev–Trinajstić information content (AvgIpc) is 2.59. The summed E-state index contributed by atoms with van der Waals surface area (Å²) in [6, 6.07) is 8.25. The average molecular weight is 237 g/mol. The molecule has 0 unspecified atom stereocenters. The SMILES string of the molecule is CN1CC2(CCC(F)(F)CC2)c2ccccc21. The number of likely N-dealkylation sites (N-methyl/N-ethyl adjacent to an activating group) is 1. The van der Waals surface area contributed by atoms with Crippen molar-refractivity contribution >= 4 is 5.69 Å². The van der Waals surface area contributed by atoms with E-state index in [0.717, 1.165) is 6.54 Å². The first-order valence-corrected chi connectivity index (χ1v) is 6.21.